The molecule has 3 rings (SSSR count). The van der Waals surface area contributed by atoms with Crippen molar-refractivity contribution in [2.24, 2.45) is 0 Å². The van der Waals surface area contributed by atoms with Gasteiger partial charge >= 0.3 is 0 Å². The Morgan fingerprint density at radius 3 is 1.08 bits per heavy atom. The molecule has 3 aliphatic heterocycles. The van der Waals surface area contributed by atoms with Crippen LogP contribution in [0.2, 0.25) is 0 Å². The Morgan fingerprint density at radius 1 is 0.500 bits per heavy atom. The average Bonchev–Trinajstić information content (AvgIpc) is 2.96. The smallest absolute Gasteiger partial charge is 0.280 e. The summed E-state index contributed by atoms with van der Waals surface area (Å²) >= 11 is 0. The Bertz CT molecular complexity index is 486. The van der Waals surface area contributed by atoms with Gasteiger partial charge in [-0.05, 0) is 0 Å². The van der Waals surface area contributed by atoms with E-state index >= 15 is 0 Å². The normalized spacial score (nSPS) is 20.8. The van der Waals surface area contributed by atoms with Crippen molar-refractivity contribution in [2.75, 3.05) is 157 Å². The number of nitrogens with zero attached hydrogens (tertiary/aromatic N) is 3. The Kier molecular flexibility index (Phi) is 17.2. The monoisotopic (exact) mass is 543 g/mol. The van der Waals surface area contributed by atoms with Crippen LogP contribution >= 0.6 is 0 Å². The summed E-state index contributed by atoms with van der Waals surface area (Å²) in [4.78, 5) is 7.47. The van der Waals surface area contributed by atoms with Crippen LogP contribution in [0.5, 0.6) is 0 Å². The number of ether oxygens (including phenoxy) is 3. The van der Waals surface area contributed by atoms with E-state index in [4.69, 9.17) is 14.2 Å². The van der Waals surface area contributed by atoms with Crippen LogP contribution < -0.4 is 31.9 Å². The fourth-order valence-electron chi connectivity index (χ4n) is 4.94. The average molecular weight is 544 g/mol. The molecule has 0 amide bonds. The van der Waals surface area contributed by atoms with Gasteiger partial charge in [-0.3, -0.25) is 14.7 Å². The van der Waals surface area contributed by atoms with Crippen LogP contribution in [0.4, 0.5) is 0 Å². The van der Waals surface area contributed by atoms with E-state index in [9.17, 15) is 0 Å². The minimum absolute atomic E-state index is 0.547. The number of hydrogen-bond donors (Lipinski definition) is 6. The highest BCUT2D eigenvalue weighted by Crippen LogP contribution is 2.14. The lowest BCUT2D eigenvalue weighted by Gasteiger charge is -2.31. The molecule has 3 fully saturated rings. The van der Waals surface area contributed by atoms with Gasteiger partial charge < -0.3 is 46.1 Å². The summed E-state index contributed by atoms with van der Waals surface area (Å²) in [7, 11) is 0. The minimum Gasteiger partial charge on any atom is -0.326 e. The van der Waals surface area contributed by atoms with Crippen LogP contribution in [0.3, 0.4) is 0 Å². The predicted molar refractivity (Wildman–Crippen MR) is 153 cm³/mol. The summed E-state index contributed by atoms with van der Waals surface area (Å²) < 4.78 is 18.3. The van der Waals surface area contributed by atoms with Crippen LogP contribution in [0, 0.1) is 0 Å². The Morgan fingerprint density at radius 2 is 0.789 bits per heavy atom. The fraction of sp³-hybridized carbons (Fsp3) is 1.00. The summed E-state index contributed by atoms with van der Waals surface area (Å²) in [5.74, 6) is -1.04. The van der Waals surface area contributed by atoms with Crippen molar-refractivity contribution in [1.29, 1.82) is 0 Å². The maximum absolute atomic E-state index is 6.11. The Hall–Kier alpha value is -0.480. The molecule has 0 radical (unpaired) electrons. The topological polar surface area (TPSA) is 110 Å². The van der Waals surface area contributed by atoms with E-state index in [-0.39, 0.29) is 0 Å². The highest BCUT2D eigenvalue weighted by molar-refractivity contribution is 4.70. The third-order valence-electron chi connectivity index (χ3n) is 7.37. The molecule has 12 nitrogen and oxygen atoms in total. The molecule has 0 spiro atoms. The van der Waals surface area contributed by atoms with Crippen molar-refractivity contribution < 1.29 is 14.2 Å². The second kappa shape index (κ2) is 20.4. The lowest BCUT2D eigenvalue weighted by Crippen LogP contribution is -2.46. The molecule has 0 aromatic carbocycles. The first-order valence-electron chi connectivity index (χ1n) is 15.1. The molecular formula is C26H57N9O3. The van der Waals surface area contributed by atoms with Gasteiger partial charge in [0, 0.05) is 144 Å². The third kappa shape index (κ3) is 14.8. The molecule has 0 aromatic rings. The molecule has 3 saturated heterocycles. The molecule has 0 unspecified atom stereocenters. The highest BCUT2D eigenvalue weighted by Gasteiger charge is 2.27. The lowest BCUT2D eigenvalue weighted by molar-refractivity contribution is -0.368. The quantitative estimate of drug-likeness (QED) is 0.0665. The van der Waals surface area contributed by atoms with E-state index in [0.29, 0.717) is 19.8 Å². The van der Waals surface area contributed by atoms with Crippen LogP contribution in [-0.4, -0.2) is 178 Å². The van der Waals surface area contributed by atoms with Gasteiger partial charge in [-0.15, -0.1) is 0 Å². The zero-order chi connectivity index (χ0) is 26.6. The van der Waals surface area contributed by atoms with Gasteiger partial charge in [0.1, 0.15) is 0 Å². The van der Waals surface area contributed by atoms with Gasteiger partial charge in [-0.2, -0.15) is 0 Å². The molecule has 38 heavy (non-hydrogen) atoms. The molecule has 12 heteroatoms. The van der Waals surface area contributed by atoms with Crippen LogP contribution in [0.15, 0.2) is 0 Å². The molecular weight excluding hydrogens is 486 g/mol. The van der Waals surface area contributed by atoms with Gasteiger partial charge in [-0.1, -0.05) is 0 Å². The maximum atomic E-state index is 6.11. The summed E-state index contributed by atoms with van der Waals surface area (Å²) in [5.41, 5.74) is 0. The maximum Gasteiger partial charge on any atom is 0.280 e. The molecule has 0 aromatic heterocycles. The molecule has 0 atom stereocenters. The van der Waals surface area contributed by atoms with Crippen LogP contribution in [0.1, 0.15) is 6.92 Å². The number of rotatable bonds is 21. The van der Waals surface area contributed by atoms with Gasteiger partial charge in [0.25, 0.3) is 5.97 Å². The molecule has 3 heterocycles. The highest BCUT2D eigenvalue weighted by atomic mass is 16.9. The number of piperazine rings is 3. The minimum atomic E-state index is -1.04. The van der Waals surface area contributed by atoms with Crippen molar-refractivity contribution in [2.45, 2.75) is 12.9 Å². The van der Waals surface area contributed by atoms with Gasteiger partial charge in [0.05, 0.1) is 19.8 Å². The zero-order valence-electron chi connectivity index (χ0n) is 24.0. The summed E-state index contributed by atoms with van der Waals surface area (Å²) in [6, 6.07) is 0. The van der Waals surface area contributed by atoms with E-state index < -0.39 is 5.97 Å². The first-order valence-corrected chi connectivity index (χ1v) is 15.1. The predicted octanol–water partition coefficient (Wildman–Crippen LogP) is -2.81. The molecule has 0 saturated carbocycles. The van der Waals surface area contributed by atoms with Crippen LogP contribution in [-0.2, 0) is 14.2 Å². The fourth-order valence-corrected chi connectivity index (χ4v) is 4.94. The molecule has 0 aliphatic carbocycles. The van der Waals surface area contributed by atoms with Crippen LogP contribution in [0.25, 0.3) is 0 Å². The number of nitrogens with one attached hydrogen (secondary N) is 6. The van der Waals surface area contributed by atoms with Gasteiger partial charge in [0.15, 0.2) is 0 Å². The summed E-state index contributed by atoms with van der Waals surface area (Å²) in [6.07, 6.45) is 0. The molecule has 224 valence electrons. The van der Waals surface area contributed by atoms with E-state index in [2.05, 4.69) is 46.6 Å². The lowest BCUT2D eigenvalue weighted by atomic mass is 10.3. The second-order valence-corrected chi connectivity index (χ2v) is 10.4. The molecule has 3 aliphatic rings. The zero-order valence-corrected chi connectivity index (χ0v) is 24.0. The summed E-state index contributed by atoms with van der Waals surface area (Å²) in [6.45, 7) is 25.3. The van der Waals surface area contributed by atoms with E-state index in [1.54, 1.807) is 0 Å². The van der Waals surface area contributed by atoms with Gasteiger partial charge in [0.2, 0.25) is 0 Å². The van der Waals surface area contributed by atoms with E-state index in [1.165, 1.54) is 0 Å². The second-order valence-electron chi connectivity index (χ2n) is 10.4. The van der Waals surface area contributed by atoms with Crippen molar-refractivity contribution in [1.82, 2.24) is 46.6 Å². The summed E-state index contributed by atoms with van der Waals surface area (Å²) in [5, 5.41) is 20.7. The van der Waals surface area contributed by atoms with E-state index in [1.807, 2.05) is 6.92 Å². The Balaban J connectivity index is 1.26. The SMILES string of the molecule is CC(OCCNCCN1CCNCC1)(OCCNCCN1CCNCC1)OCCNCCN1CCNCC1. The van der Waals surface area contributed by atoms with Crippen molar-refractivity contribution in [3.63, 3.8) is 0 Å². The van der Waals surface area contributed by atoms with Gasteiger partial charge in [-0.25, -0.2) is 0 Å². The Labute approximate surface area is 231 Å². The largest absolute Gasteiger partial charge is 0.326 e. The number of hydrogen-bond acceptors (Lipinski definition) is 12. The van der Waals surface area contributed by atoms with Crippen molar-refractivity contribution in [3.8, 4) is 0 Å². The molecule has 0 bridgehead atoms. The standard InChI is InChI=1S/C26H57N9O3/c1-26(36-23-11-30-8-20-33-14-2-27-3-15-33,37-24-12-31-9-21-34-16-4-28-5-17-34)38-25-13-32-10-22-35-18-6-29-7-19-35/h27-32H,2-25H2,1H3. The van der Waals surface area contributed by atoms with Crippen molar-refractivity contribution >= 4 is 0 Å². The first-order chi connectivity index (χ1) is 18.7. The molecule has 6 N–H and O–H groups in total. The first kappa shape index (κ1) is 32.0. The van der Waals surface area contributed by atoms with E-state index in [0.717, 1.165) is 137 Å². The van der Waals surface area contributed by atoms with Crippen molar-refractivity contribution in [3.05, 3.63) is 0 Å². The third-order valence-corrected chi connectivity index (χ3v) is 7.37.